The van der Waals surface area contributed by atoms with E-state index in [0.29, 0.717) is 19.6 Å². The zero-order valence-electron chi connectivity index (χ0n) is 12.2. The molecule has 20 heavy (non-hydrogen) atoms. The lowest BCUT2D eigenvalue weighted by Crippen LogP contribution is -2.54. The summed E-state index contributed by atoms with van der Waals surface area (Å²) in [7, 11) is 0. The van der Waals surface area contributed by atoms with E-state index in [-0.39, 0.29) is 5.91 Å². The summed E-state index contributed by atoms with van der Waals surface area (Å²) in [4.78, 5) is 25.0. The second kappa shape index (κ2) is 6.17. The van der Waals surface area contributed by atoms with Gasteiger partial charge in [0.05, 0.1) is 5.41 Å². The molecule has 2 heterocycles. The van der Waals surface area contributed by atoms with E-state index < -0.39 is 5.41 Å². The van der Waals surface area contributed by atoms with Crippen molar-refractivity contribution in [3.63, 3.8) is 0 Å². The summed E-state index contributed by atoms with van der Waals surface area (Å²) in [5, 5.41) is 0. The van der Waals surface area contributed by atoms with Crippen LogP contribution in [0.4, 0.5) is 5.95 Å². The van der Waals surface area contributed by atoms with Crippen molar-refractivity contribution in [3.05, 3.63) is 18.5 Å². The molecule has 6 heteroatoms. The molecule has 2 N–H and O–H groups in total. The fourth-order valence-electron chi connectivity index (χ4n) is 2.33. The first-order chi connectivity index (χ1) is 9.60. The monoisotopic (exact) mass is 277 g/mol. The van der Waals surface area contributed by atoms with Crippen LogP contribution in [-0.2, 0) is 4.79 Å². The largest absolute Gasteiger partial charge is 0.339 e. The molecule has 1 amide bonds. The number of rotatable bonds is 4. The second-order valence-corrected chi connectivity index (χ2v) is 5.45. The summed E-state index contributed by atoms with van der Waals surface area (Å²) in [6, 6.07) is 1.80. The quantitative estimate of drug-likeness (QED) is 0.867. The number of piperazine rings is 1. The van der Waals surface area contributed by atoms with Crippen LogP contribution in [0.1, 0.15) is 20.3 Å². The Hall–Kier alpha value is -1.69. The third kappa shape index (κ3) is 2.90. The summed E-state index contributed by atoms with van der Waals surface area (Å²) in [5.41, 5.74) is 5.33. The second-order valence-electron chi connectivity index (χ2n) is 5.45. The highest BCUT2D eigenvalue weighted by Gasteiger charge is 2.35. The van der Waals surface area contributed by atoms with E-state index in [1.807, 2.05) is 18.7 Å². The number of amides is 1. The molecule has 0 bridgehead atoms. The van der Waals surface area contributed by atoms with E-state index in [1.54, 1.807) is 18.5 Å². The molecule has 1 aliphatic heterocycles. The van der Waals surface area contributed by atoms with Crippen molar-refractivity contribution < 1.29 is 4.79 Å². The maximum Gasteiger partial charge on any atom is 0.229 e. The number of hydrogen-bond acceptors (Lipinski definition) is 5. The van der Waals surface area contributed by atoms with E-state index in [1.165, 1.54) is 0 Å². The number of aromatic nitrogens is 2. The fourth-order valence-corrected chi connectivity index (χ4v) is 2.33. The molecule has 0 radical (unpaired) electrons. The average molecular weight is 277 g/mol. The molecule has 2 rings (SSSR count). The Labute approximate surface area is 120 Å². The summed E-state index contributed by atoms with van der Waals surface area (Å²) in [6.45, 7) is 7.28. The van der Waals surface area contributed by atoms with Crippen LogP contribution in [-0.4, -0.2) is 53.5 Å². The number of anilines is 1. The minimum Gasteiger partial charge on any atom is -0.339 e. The van der Waals surface area contributed by atoms with Gasteiger partial charge in [-0.1, -0.05) is 6.92 Å². The van der Waals surface area contributed by atoms with Crippen molar-refractivity contribution in [1.29, 1.82) is 0 Å². The van der Waals surface area contributed by atoms with E-state index in [2.05, 4.69) is 14.9 Å². The van der Waals surface area contributed by atoms with Crippen molar-refractivity contribution in [2.24, 2.45) is 11.1 Å². The Kier molecular flexibility index (Phi) is 4.54. The summed E-state index contributed by atoms with van der Waals surface area (Å²) >= 11 is 0. The van der Waals surface area contributed by atoms with Gasteiger partial charge in [0.25, 0.3) is 0 Å². The molecule has 1 aliphatic rings. The van der Waals surface area contributed by atoms with Gasteiger partial charge in [-0.2, -0.15) is 0 Å². The van der Waals surface area contributed by atoms with Gasteiger partial charge < -0.3 is 15.5 Å². The van der Waals surface area contributed by atoms with Gasteiger partial charge >= 0.3 is 0 Å². The molecule has 1 fully saturated rings. The lowest BCUT2D eigenvalue weighted by molar-refractivity contribution is -0.141. The van der Waals surface area contributed by atoms with Crippen LogP contribution in [0.25, 0.3) is 0 Å². The highest BCUT2D eigenvalue weighted by molar-refractivity contribution is 5.82. The Morgan fingerprint density at radius 1 is 1.30 bits per heavy atom. The van der Waals surface area contributed by atoms with Crippen molar-refractivity contribution in [3.8, 4) is 0 Å². The zero-order chi connectivity index (χ0) is 14.6. The predicted molar refractivity (Wildman–Crippen MR) is 78.3 cm³/mol. The highest BCUT2D eigenvalue weighted by Crippen LogP contribution is 2.23. The molecule has 0 aromatic carbocycles. The van der Waals surface area contributed by atoms with E-state index >= 15 is 0 Å². The zero-order valence-corrected chi connectivity index (χ0v) is 12.2. The van der Waals surface area contributed by atoms with Crippen molar-refractivity contribution >= 4 is 11.9 Å². The average Bonchev–Trinajstić information content (AvgIpc) is 2.54. The van der Waals surface area contributed by atoms with E-state index in [9.17, 15) is 4.79 Å². The summed E-state index contributed by atoms with van der Waals surface area (Å²) in [5.74, 6) is 0.896. The minimum absolute atomic E-state index is 0.163. The molecule has 1 atom stereocenters. The normalized spacial score (nSPS) is 18.8. The van der Waals surface area contributed by atoms with Crippen LogP contribution >= 0.6 is 0 Å². The Bertz CT molecular complexity index is 438. The maximum atomic E-state index is 12.5. The first-order valence-electron chi connectivity index (χ1n) is 7.12. The van der Waals surface area contributed by atoms with Gasteiger partial charge in [0.15, 0.2) is 0 Å². The number of nitrogens with zero attached hydrogens (tertiary/aromatic N) is 4. The first kappa shape index (κ1) is 14.7. The highest BCUT2D eigenvalue weighted by atomic mass is 16.2. The Balaban J connectivity index is 1.96. The van der Waals surface area contributed by atoms with Crippen molar-refractivity contribution in [2.45, 2.75) is 20.3 Å². The summed E-state index contributed by atoms with van der Waals surface area (Å²) < 4.78 is 0. The van der Waals surface area contributed by atoms with Crippen molar-refractivity contribution in [1.82, 2.24) is 14.9 Å². The van der Waals surface area contributed by atoms with Crippen LogP contribution < -0.4 is 10.6 Å². The molecular formula is C14H23N5O. The van der Waals surface area contributed by atoms with E-state index in [0.717, 1.165) is 25.5 Å². The van der Waals surface area contributed by atoms with Gasteiger partial charge in [0, 0.05) is 45.1 Å². The van der Waals surface area contributed by atoms with Crippen LogP contribution in [0.5, 0.6) is 0 Å². The van der Waals surface area contributed by atoms with Crippen LogP contribution in [0.3, 0.4) is 0 Å². The van der Waals surface area contributed by atoms with Crippen molar-refractivity contribution in [2.75, 3.05) is 37.6 Å². The smallest absolute Gasteiger partial charge is 0.229 e. The SMILES string of the molecule is CCC(C)(CN)C(=O)N1CCN(c2ncccn2)CC1. The predicted octanol–water partition coefficient (Wildman–Crippen LogP) is 0.500. The van der Waals surface area contributed by atoms with Crippen LogP contribution in [0, 0.1) is 5.41 Å². The molecule has 0 aliphatic carbocycles. The van der Waals surface area contributed by atoms with Gasteiger partial charge in [0.2, 0.25) is 11.9 Å². The Morgan fingerprint density at radius 3 is 2.40 bits per heavy atom. The third-order valence-electron chi connectivity index (χ3n) is 4.15. The fraction of sp³-hybridized carbons (Fsp3) is 0.643. The molecular weight excluding hydrogens is 254 g/mol. The topological polar surface area (TPSA) is 75.4 Å². The van der Waals surface area contributed by atoms with E-state index in [4.69, 9.17) is 5.73 Å². The van der Waals surface area contributed by atoms with Crippen LogP contribution in [0.2, 0.25) is 0 Å². The maximum absolute atomic E-state index is 12.5. The van der Waals surface area contributed by atoms with Gasteiger partial charge in [0.1, 0.15) is 0 Å². The van der Waals surface area contributed by atoms with Gasteiger partial charge in [-0.25, -0.2) is 9.97 Å². The molecule has 0 saturated carbocycles. The third-order valence-corrected chi connectivity index (χ3v) is 4.15. The van der Waals surface area contributed by atoms with Gasteiger partial charge in [-0.15, -0.1) is 0 Å². The number of nitrogens with two attached hydrogens (primary N) is 1. The molecule has 110 valence electrons. The van der Waals surface area contributed by atoms with Gasteiger partial charge in [-0.05, 0) is 19.4 Å². The Morgan fingerprint density at radius 2 is 1.90 bits per heavy atom. The van der Waals surface area contributed by atoms with Crippen LogP contribution in [0.15, 0.2) is 18.5 Å². The summed E-state index contributed by atoms with van der Waals surface area (Å²) in [6.07, 6.45) is 4.25. The molecule has 6 nitrogen and oxygen atoms in total. The number of carbonyl (C=O) groups is 1. The number of carbonyl (C=O) groups excluding carboxylic acids is 1. The lowest BCUT2D eigenvalue weighted by Gasteiger charge is -2.39. The molecule has 1 aromatic rings. The molecule has 1 unspecified atom stereocenters. The standard InChI is InChI=1S/C14H23N5O/c1-3-14(2,11-15)12(20)18-7-9-19(10-8-18)13-16-5-4-6-17-13/h4-6H,3,7-11,15H2,1-2H3. The first-order valence-corrected chi connectivity index (χ1v) is 7.12. The lowest BCUT2D eigenvalue weighted by atomic mass is 9.86. The molecule has 0 spiro atoms. The number of hydrogen-bond donors (Lipinski definition) is 1. The molecule has 1 saturated heterocycles. The van der Waals surface area contributed by atoms with Gasteiger partial charge in [-0.3, -0.25) is 4.79 Å². The molecule has 1 aromatic heterocycles. The minimum atomic E-state index is -0.439.